The summed E-state index contributed by atoms with van der Waals surface area (Å²) in [4.78, 5) is 12.9. The van der Waals surface area contributed by atoms with Gasteiger partial charge in [0.15, 0.2) is 0 Å². The number of halogens is 1. The number of nitrogens with one attached hydrogen (secondary N) is 1. The minimum absolute atomic E-state index is 0.183. The first-order chi connectivity index (χ1) is 9.67. The monoisotopic (exact) mass is 362 g/mol. The number of carbonyl (C=O) groups is 1. The van der Waals surface area contributed by atoms with Crippen molar-refractivity contribution in [3.05, 3.63) is 50.6 Å². The third-order valence-corrected chi connectivity index (χ3v) is 5.30. The van der Waals surface area contributed by atoms with Crippen LogP contribution < -0.4 is 5.32 Å². The van der Waals surface area contributed by atoms with E-state index in [4.69, 9.17) is 5.26 Å². The zero-order valence-electron chi connectivity index (χ0n) is 10.0. The molecule has 0 saturated heterocycles. The Morgan fingerprint density at radius 2 is 2.10 bits per heavy atom. The molecule has 1 amide bonds. The van der Waals surface area contributed by atoms with E-state index < -0.39 is 0 Å². The summed E-state index contributed by atoms with van der Waals surface area (Å²) in [5.41, 5.74) is 0.962. The summed E-state index contributed by atoms with van der Waals surface area (Å²) in [6.45, 7) is 0. The van der Waals surface area contributed by atoms with Crippen molar-refractivity contribution in [2.45, 2.75) is 0 Å². The second kappa shape index (κ2) is 5.37. The van der Waals surface area contributed by atoms with Crippen LogP contribution >= 0.6 is 38.6 Å². The summed E-state index contributed by atoms with van der Waals surface area (Å²) >= 11 is 6.37. The molecule has 0 saturated carbocycles. The van der Waals surface area contributed by atoms with Crippen LogP contribution in [0.2, 0.25) is 0 Å². The minimum Gasteiger partial charge on any atom is -0.320 e. The molecule has 6 heteroatoms. The number of rotatable bonds is 2. The van der Waals surface area contributed by atoms with E-state index in [2.05, 4.69) is 27.3 Å². The molecule has 2 heterocycles. The Morgan fingerprint density at radius 3 is 2.85 bits per heavy atom. The largest absolute Gasteiger partial charge is 0.320 e. The van der Waals surface area contributed by atoms with Crippen LogP contribution in [0.4, 0.5) is 5.69 Å². The smallest absolute Gasteiger partial charge is 0.265 e. The predicted octanol–water partition coefficient (Wildman–Crippen LogP) is 4.85. The quantitative estimate of drug-likeness (QED) is 0.708. The van der Waals surface area contributed by atoms with Gasteiger partial charge in [0.2, 0.25) is 0 Å². The van der Waals surface area contributed by atoms with E-state index in [0.29, 0.717) is 16.1 Å². The number of anilines is 1. The lowest BCUT2D eigenvalue weighted by Crippen LogP contribution is -2.11. The van der Waals surface area contributed by atoms with E-state index in [1.54, 1.807) is 29.5 Å². The molecule has 2 aromatic heterocycles. The van der Waals surface area contributed by atoms with Crippen molar-refractivity contribution in [1.29, 1.82) is 5.26 Å². The lowest BCUT2D eigenvalue weighted by molar-refractivity contribution is 0.103. The number of fused-ring (bicyclic) bond motifs is 1. The van der Waals surface area contributed by atoms with Crippen LogP contribution in [0, 0.1) is 11.3 Å². The lowest BCUT2D eigenvalue weighted by atomic mass is 10.2. The summed E-state index contributed by atoms with van der Waals surface area (Å²) < 4.78 is 3.02. The van der Waals surface area contributed by atoms with E-state index in [1.165, 1.54) is 11.3 Å². The highest BCUT2D eigenvalue weighted by atomic mass is 79.9. The van der Waals surface area contributed by atoms with Gasteiger partial charge in [0.25, 0.3) is 5.91 Å². The first-order valence-corrected chi connectivity index (χ1v) is 8.14. The summed E-state index contributed by atoms with van der Waals surface area (Å²) in [7, 11) is 0. The van der Waals surface area contributed by atoms with E-state index in [1.807, 2.05) is 17.5 Å². The fraction of sp³-hybridized carbons (Fsp3) is 0. The van der Waals surface area contributed by atoms with Crippen molar-refractivity contribution in [3.63, 3.8) is 0 Å². The number of nitrogens with zero attached hydrogens (tertiary/aromatic N) is 1. The van der Waals surface area contributed by atoms with Gasteiger partial charge in [-0.1, -0.05) is 15.9 Å². The van der Waals surface area contributed by atoms with E-state index in [0.717, 1.165) is 13.9 Å². The molecule has 20 heavy (non-hydrogen) atoms. The summed E-state index contributed by atoms with van der Waals surface area (Å²) in [5, 5.41) is 13.9. The fourth-order valence-corrected chi connectivity index (χ4v) is 4.14. The molecule has 98 valence electrons. The van der Waals surface area contributed by atoms with Crippen LogP contribution in [0.25, 0.3) is 9.40 Å². The standard InChI is InChI=1S/C14H7BrN2OS2/c15-9-1-2-10(8(5-9)7-16)17-14(18)13-6-12-11(20-13)3-4-19-12/h1-6H,(H,17,18). The fourth-order valence-electron chi connectivity index (χ4n) is 1.78. The molecule has 0 aliphatic rings. The van der Waals surface area contributed by atoms with Gasteiger partial charge in [-0.05, 0) is 35.7 Å². The minimum atomic E-state index is -0.183. The number of benzene rings is 1. The van der Waals surface area contributed by atoms with Gasteiger partial charge in [0.05, 0.1) is 16.1 Å². The second-order valence-corrected chi connectivity index (χ2v) is 6.96. The van der Waals surface area contributed by atoms with Crippen LogP contribution in [0.5, 0.6) is 0 Å². The summed E-state index contributed by atoms with van der Waals surface area (Å²) in [6.07, 6.45) is 0. The SMILES string of the molecule is N#Cc1cc(Br)ccc1NC(=O)c1cc2sccc2s1. The Labute approximate surface area is 131 Å². The van der Waals surface area contributed by atoms with Gasteiger partial charge in [0, 0.05) is 13.9 Å². The number of nitriles is 1. The third-order valence-electron chi connectivity index (χ3n) is 2.71. The molecule has 3 rings (SSSR count). The normalized spacial score (nSPS) is 10.4. The van der Waals surface area contributed by atoms with Crippen LogP contribution in [0.1, 0.15) is 15.2 Å². The molecular formula is C14H7BrN2OS2. The van der Waals surface area contributed by atoms with Crippen molar-refractivity contribution < 1.29 is 4.79 Å². The highest BCUT2D eigenvalue weighted by molar-refractivity contribution is 9.10. The van der Waals surface area contributed by atoms with Gasteiger partial charge >= 0.3 is 0 Å². The van der Waals surface area contributed by atoms with Gasteiger partial charge in [-0.3, -0.25) is 4.79 Å². The van der Waals surface area contributed by atoms with Crippen LogP contribution in [0.15, 0.2) is 40.2 Å². The second-order valence-electron chi connectivity index (χ2n) is 4.02. The molecular weight excluding hydrogens is 356 g/mol. The molecule has 0 bridgehead atoms. The maximum absolute atomic E-state index is 12.2. The van der Waals surface area contributed by atoms with Crippen LogP contribution in [-0.4, -0.2) is 5.91 Å². The van der Waals surface area contributed by atoms with Crippen molar-refractivity contribution in [1.82, 2.24) is 0 Å². The topological polar surface area (TPSA) is 52.9 Å². The van der Waals surface area contributed by atoms with Gasteiger partial charge in [-0.25, -0.2) is 0 Å². The highest BCUT2D eigenvalue weighted by Crippen LogP contribution is 2.30. The first kappa shape index (κ1) is 13.3. The Morgan fingerprint density at radius 1 is 1.25 bits per heavy atom. The molecule has 0 spiro atoms. The van der Waals surface area contributed by atoms with Crippen molar-refractivity contribution in [3.8, 4) is 6.07 Å². The number of carbonyl (C=O) groups excluding carboxylic acids is 1. The van der Waals surface area contributed by atoms with Gasteiger partial charge < -0.3 is 5.32 Å². The number of hydrogen-bond donors (Lipinski definition) is 1. The van der Waals surface area contributed by atoms with Crippen LogP contribution in [0.3, 0.4) is 0 Å². The molecule has 0 aliphatic heterocycles. The maximum Gasteiger partial charge on any atom is 0.265 e. The number of hydrogen-bond acceptors (Lipinski definition) is 4. The van der Waals surface area contributed by atoms with Crippen molar-refractivity contribution in [2.24, 2.45) is 0 Å². The van der Waals surface area contributed by atoms with Crippen LogP contribution in [-0.2, 0) is 0 Å². The Hall–Kier alpha value is -1.68. The molecule has 0 unspecified atom stereocenters. The zero-order chi connectivity index (χ0) is 14.1. The zero-order valence-corrected chi connectivity index (χ0v) is 13.2. The molecule has 3 aromatic rings. The molecule has 1 aromatic carbocycles. The molecule has 0 atom stereocenters. The third kappa shape index (κ3) is 2.48. The molecule has 3 nitrogen and oxygen atoms in total. The van der Waals surface area contributed by atoms with Crippen molar-refractivity contribution in [2.75, 3.05) is 5.32 Å². The lowest BCUT2D eigenvalue weighted by Gasteiger charge is -2.05. The summed E-state index contributed by atoms with van der Waals surface area (Å²) in [5.74, 6) is -0.183. The van der Waals surface area contributed by atoms with Crippen molar-refractivity contribution >= 4 is 59.6 Å². The average Bonchev–Trinajstić information content (AvgIpc) is 3.01. The Kier molecular flexibility index (Phi) is 3.57. The predicted molar refractivity (Wildman–Crippen MR) is 86.5 cm³/mol. The molecule has 1 N–H and O–H groups in total. The maximum atomic E-state index is 12.2. The van der Waals surface area contributed by atoms with E-state index in [9.17, 15) is 4.79 Å². The number of amides is 1. The van der Waals surface area contributed by atoms with Gasteiger partial charge in [-0.2, -0.15) is 5.26 Å². The average molecular weight is 363 g/mol. The molecule has 0 radical (unpaired) electrons. The van der Waals surface area contributed by atoms with E-state index in [-0.39, 0.29) is 5.91 Å². The van der Waals surface area contributed by atoms with Gasteiger partial charge in [-0.15, -0.1) is 22.7 Å². The Balaban J connectivity index is 1.89. The molecule has 0 fully saturated rings. The molecule has 0 aliphatic carbocycles. The number of thiophene rings is 2. The highest BCUT2D eigenvalue weighted by Gasteiger charge is 2.13. The van der Waals surface area contributed by atoms with E-state index >= 15 is 0 Å². The first-order valence-electron chi connectivity index (χ1n) is 5.65. The summed E-state index contributed by atoms with van der Waals surface area (Å²) in [6, 6.07) is 11.2. The Bertz CT molecular complexity index is 816. The van der Waals surface area contributed by atoms with Gasteiger partial charge in [0.1, 0.15) is 6.07 Å².